The fraction of sp³-hybridized carbons (Fsp3) is 0.143. The van der Waals surface area contributed by atoms with Gasteiger partial charge in [-0.05, 0) is 64.4 Å². The lowest BCUT2D eigenvalue weighted by molar-refractivity contribution is 0.625. The molecule has 1 unspecified atom stereocenters. The molecule has 0 nitrogen and oxygen atoms in total. The van der Waals surface area contributed by atoms with Crippen LogP contribution in [0.25, 0.3) is 0 Å². The Balaban J connectivity index is 2.16. The molecule has 2 aromatic rings. The van der Waals surface area contributed by atoms with E-state index >= 15 is 0 Å². The van der Waals surface area contributed by atoms with E-state index in [1.807, 2.05) is 0 Å². The minimum atomic E-state index is -0.235. The van der Waals surface area contributed by atoms with E-state index in [1.54, 1.807) is 18.2 Å². The molecule has 94 valence electrons. The van der Waals surface area contributed by atoms with E-state index in [1.165, 1.54) is 24.3 Å². The van der Waals surface area contributed by atoms with Crippen molar-refractivity contribution in [3.63, 3.8) is 0 Å². The van der Waals surface area contributed by atoms with E-state index in [4.69, 9.17) is 0 Å². The number of rotatable bonds is 3. The predicted molar refractivity (Wildman–Crippen MR) is 80.9 cm³/mol. The smallest absolute Gasteiger partial charge is 0.124 e. The van der Waals surface area contributed by atoms with Crippen LogP contribution in [0.15, 0.2) is 42.5 Å². The first-order valence-corrected chi connectivity index (χ1v) is 7.39. The van der Waals surface area contributed by atoms with Gasteiger partial charge in [-0.1, -0.05) is 34.1 Å². The minimum Gasteiger partial charge on any atom is -0.207 e. The Morgan fingerprint density at radius 1 is 1.00 bits per heavy atom. The van der Waals surface area contributed by atoms with Gasteiger partial charge in [0.2, 0.25) is 0 Å². The maximum Gasteiger partial charge on any atom is 0.124 e. The van der Waals surface area contributed by atoms with E-state index in [0.717, 1.165) is 21.1 Å². The molecule has 2 rings (SSSR count). The molecule has 4 heteroatoms. The summed E-state index contributed by atoms with van der Waals surface area (Å²) in [6.07, 6.45) is 0.738. The van der Waals surface area contributed by atoms with E-state index < -0.39 is 0 Å². The molecule has 0 aliphatic heterocycles. The molecule has 2 aromatic carbocycles. The lowest BCUT2D eigenvalue weighted by atomic mass is 10.0. The Hall–Kier alpha value is -0.490. The second kappa shape index (κ2) is 6.10. The topological polar surface area (TPSA) is 0 Å². The molecule has 0 saturated heterocycles. The maximum absolute atomic E-state index is 13.0. The van der Waals surface area contributed by atoms with Gasteiger partial charge in [-0.15, -0.1) is 0 Å². The Labute approximate surface area is 127 Å². The van der Waals surface area contributed by atoms with Gasteiger partial charge in [-0.25, -0.2) is 8.78 Å². The third kappa shape index (κ3) is 3.51. The van der Waals surface area contributed by atoms with Gasteiger partial charge in [0.25, 0.3) is 0 Å². The first kappa shape index (κ1) is 13.9. The van der Waals surface area contributed by atoms with Crippen molar-refractivity contribution in [2.24, 2.45) is 0 Å². The van der Waals surface area contributed by atoms with Crippen LogP contribution in [0.4, 0.5) is 8.78 Å². The van der Waals surface area contributed by atoms with Gasteiger partial charge in [0.15, 0.2) is 0 Å². The van der Waals surface area contributed by atoms with Crippen molar-refractivity contribution in [2.75, 3.05) is 0 Å². The highest BCUT2D eigenvalue weighted by atomic mass is 127. The van der Waals surface area contributed by atoms with Crippen molar-refractivity contribution in [1.29, 1.82) is 0 Å². The molecule has 0 bridgehead atoms. The second-order valence-corrected chi connectivity index (χ2v) is 6.23. The molecule has 0 amide bonds. The summed E-state index contributed by atoms with van der Waals surface area (Å²) in [5, 5.41) is 0. The van der Waals surface area contributed by atoms with Crippen molar-refractivity contribution in [3.8, 4) is 0 Å². The third-order valence-electron chi connectivity index (χ3n) is 2.63. The molecule has 0 spiro atoms. The molecule has 0 radical (unpaired) electrons. The van der Waals surface area contributed by atoms with Crippen LogP contribution in [0, 0.1) is 15.2 Å². The van der Waals surface area contributed by atoms with Gasteiger partial charge in [0, 0.05) is 8.40 Å². The largest absolute Gasteiger partial charge is 0.207 e. The Morgan fingerprint density at radius 2 is 1.61 bits per heavy atom. The summed E-state index contributed by atoms with van der Waals surface area (Å²) in [7, 11) is 0. The first-order valence-electron chi connectivity index (χ1n) is 5.40. The molecule has 0 aromatic heterocycles. The van der Waals surface area contributed by atoms with Gasteiger partial charge in [-0.3, -0.25) is 0 Å². The molecule has 0 fully saturated rings. The normalized spacial score (nSPS) is 12.4. The standard InChI is InChI=1S/C14H10BrF2I/c15-13(7-9-1-3-10(16)4-2-9)12-6-5-11(17)8-14(12)18/h1-6,8,13H,7H2. The molecule has 0 heterocycles. The van der Waals surface area contributed by atoms with Crippen molar-refractivity contribution >= 4 is 38.5 Å². The zero-order valence-electron chi connectivity index (χ0n) is 9.34. The summed E-state index contributed by atoms with van der Waals surface area (Å²) in [5.74, 6) is -0.467. The van der Waals surface area contributed by atoms with Gasteiger partial charge in [0.1, 0.15) is 11.6 Å². The van der Waals surface area contributed by atoms with Crippen molar-refractivity contribution < 1.29 is 8.78 Å². The quantitative estimate of drug-likeness (QED) is 0.468. The Morgan fingerprint density at radius 3 is 2.22 bits per heavy atom. The zero-order chi connectivity index (χ0) is 13.1. The zero-order valence-corrected chi connectivity index (χ0v) is 13.1. The highest BCUT2D eigenvalue weighted by molar-refractivity contribution is 14.1. The summed E-state index contributed by atoms with van der Waals surface area (Å²) in [6, 6.07) is 11.2. The van der Waals surface area contributed by atoms with E-state index in [0.29, 0.717) is 0 Å². The monoisotopic (exact) mass is 422 g/mol. The SMILES string of the molecule is Fc1ccc(CC(Br)c2ccc(F)cc2I)cc1. The number of halogens is 4. The van der Waals surface area contributed by atoms with Crippen LogP contribution in [0.1, 0.15) is 16.0 Å². The van der Waals surface area contributed by atoms with E-state index in [-0.39, 0.29) is 16.5 Å². The lowest BCUT2D eigenvalue weighted by Crippen LogP contribution is -1.98. The van der Waals surface area contributed by atoms with Crippen LogP contribution >= 0.6 is 38.5 Å². The van der Waals surface area contributed by atoms with Crippen molar-refractivity contribution in [3.05, 3.63) is 68.8 Å². The Kier molecular flexibility index (Phi) is 4.72. The minimum absolute atomic E-state index is 0.0930. The number of hydrogen-bond acceptors (Lipinski definition) is 0. The first-order chi connectivity index (χ1) is 8.56. The van der Waals surface area contributed by atoms with Gasteiger partial charge in [-0.2, -0.15) is 0 Å². The van der Waals surface area contributed by atoms with Gasteiger partial charge < -0.3 is 0 Å². The maximum atomic E-state index is 13.0. The van der Waals surface area contributed by atoms with Gasteiger partial charge >= 0.3 is 0 Å². The van der Waals surface area contributed by atoms with Crippen LogP contribution < -0.4 is 0 Å². The predicted octanol–water partition coefficient (Wildman–Crippen LogP) is 5.25. The molecule has 0 N–H and O–H groups in total. The number of benzene rings is 2. The fourth-order valence-electron chi connectivity index (χ4n) is 1.69. The van der Waals surface area contributed by atoms with Crippen LogP contribution in [-0.2, 0) is 6.42 Å². The fourth-order valence-corrected chi connectivity index (χ4v) is 3.75. The molecule has 1 atom stereocenters. The lowest BCUT2D eigenvalue weighted by Gasteiger charge is -2.12. The van der Waals surface area contributed by atoms with Crippen LogP contribution in [0.3, 0.4) is 0 Å². The van der Waals surface area contributed by atoms with E-state index in [9.17, 15) is 8.78 Å². The molecule has 0 aliphatic carbocycles. The van der Waals surface area contributed by atoms with Crippen LogP contribution in [0.2, 0.25) is 0 Å². The average molecular weight is 423 g/mol. The van der Waals surface area contributed by atoms with Crippen LogP contribution in [0.5, 0.6) is 0 Å². The summed E-state index contributed by atoms with van der Waals surface area (Å²) >= 11 is 5.71. The second-order valence-electron chi connectivity index (χ2n) is 3.96. The summed E-state index contributed by atoms with van der Waals surface area (Å²) in [5.41, 5.74) is 2.08. The molecular weight excluding hydrogens is 413 g/mol. The van der Waals surface area contributed by atoms with Crippen molar-refractivity contribution in [1.82, 2.24) is 0 Å². The summed E-state index contributed by atoms with van der Waals surface area (Å²) in [6.45, 7) is 0. The summed E-state index contributed by atoms with van der Waals surface area (Å²) in [4.78, 5) is 0.0930. The number of alkyl halides is 1. The van der Waals surface area contributed by atoms with Crippen LogP contribution in [-0.4, -0.2) is 0 Å². The Bertz CT molecular complexity index is 540. The van der Waals surface area contributed by atoms with Gasteiger partial charge in [0.05, 0.1) is 0 Å². The average Bonchev–Trinajstić information content (AvgIpc) is 2.32. The summed E-state index contributed by atoms with van der Waals surface area (Å²) < 4.78 is 26.7. The van der Waals surface area contributed by atoms with Crippen molar-refractivity contribution in [2.45, 2.75) is 11.2 Å². The number of hydrogen-bond donors (Lipinski definition) is 0. The molecular formula is C14H10BrF2I. The van der Waals surface area contributed by atoms with E-state index in [2.05, 4.69) is 38.5 Å². The highest BCUT2D eigenvalue weighted by Gasteiger charge is 2.12. The molecule has 18 heavy (non-hydrogen) atoms. The highest BCUT2D eigenvalue weighted by Crippen LogP contribution is 2.30. The molecule has 0 aliphatic rings. The molecule has 0 saturated carbocycles. The third-order valence-corrected chi connectivity index (χ3v) is 4.38.